The third-order valence-corrected chi connectivity index (χ3v) is 2.13. The Morgan fingerprint density at radius 2 is 1.84 bits per heavy atom. The molecule has 7 nitrogen and oxygen atoms in total. The lowest BCUT2D eigenvalue weighted by molar-refractivity contribution is -0.147. The van der Waals surface area contributed by atoms with Crippen LogP contribution in [0.25, 0.3) is 0 Å². The van der Waals surface area contributed by atoms with E-state index in [1.807, 2.05) is 0 Å². The van der Waals surface area contributed by atoms with Crippen molar-refractivity contribution in [2.24, 2.45) is 5.73 Å². The second-order valence-electron chi connectivity index (χ2n) is 3.60. The topological polar surface area (TPSA) is 108 Å². The summed E-state index contributed by atoms with van der Waals surface area (Å²) in [4.78, 5) is 32.7. The van der Waals surface area contributed by atoms with Crippen molar-refractivity contribution in [3.05, 3.63) is 29.8 Å². The molecule has 0 saturated heterocycles. The monoisotopic (exact) mass is 266 g/mol. The van der Waals surface area contributed by atoms with Gasteiger partial charge in [0.2, 0.25) is 0 Å². The van der Waals surface area contributed by atoms with Gasteiger partial charge in [0.1, 0.15) is 5.75 Å². The van der Waals surface area contributed by atoms with E-state index in [0.717, 1.165) is 5.56 Å². The number of rotatable bonds is 5. The maximum atomic E-state index is 11.4. The van der Waals surface area contributed by atoms with Crippen molar-refractivity contribution < 1.29 is 23.9 Å². The first-order valence-electron chi connectivity index (χ1n) is 5.39. The predicted molar refractivity (Wildman–Crippen MR) is 65.4 cm³/mol. The summed E-state index contributed by atoms with van der Waals surface area (Å²) in [5.74, 6) is -0.668. The minimum atomic E-state index is -0.990. The molecule has 0 aromatic heterocycles. The fraction of sp³-hybridized carbons (Fsp3) is 0.250. The lowest BCUT2D eigenvalue weighted by atomic mass is 10.1. The van der Waals surface area contributed by atoms with Gasteiger partial charge in [0.05, 0.1) is 13.5 Å². The maximum absolute atomic E-state index is 11.4. The normalized spacial score (nSPS) is 9.53. The van der Waals surface area contributed by atoms with Gasteiger partial charge in [-0.3, -0.25) is 14.9 Å². The number of hydrogen-bond donors (Lipinski definition) is 2. The number of carbonyl (C=O) groups is 3. The van der Waals surface area contributed by atoms with Gasteiger partial charge in [-0.2, -0.15) is 0 Å². The van der Waals surface area contributed by atoms with Gasteiger partial charge in [0.25, 0.3) is 5.91 Å². The highest BCUT2D eigenvalue weighted by atomic mass is 16.5. The van der Waals surface area contributed by atoms with Crippen LogP contribution in [-0.4, -0.2) is 31.6 Å². The van der Waals surface area contributed by atoms with Crippen molar-refractivity contribution in [1.29, 1.82) is 0 Å². The van der Waals surface area contributed by atoms with E-state index in [2.05, 4.69) is 4.74 Å². The molecule has 0 spiro atoms. The molecule has 0 aliphatic heterocycles. The molecule has 1 aromatic carbocycles. The summed E-state index contributed by atoms with van der Waals surface area (Å²) in [5.41, 5.74) is 5.45. The second-order valence-corrected chi connectivity index (χ2v) is 3.60. The molecule has 0 radical (unpaired) electrons. The smallest absolute Gasteiger partial charge is 0.318 e. The van der Waals surface area contributed by atoms with Crippen molar-refractivity contribution in [2.75, 3.05) is 13.7 Å². The number of urea groups is 1. The molecule has 1 rings (SSSR count). The van der Waals surface area contributed by atoms with E-state index in [1.165, 1.54) is 0 Å². The summed E-state index contributed by atoms with van der Waals surface area (Å²) in [6.45, 7) is -0.544. The third-order valence-electron chi connectivity index (χ3n) is 2.13. The highest BCUT2D eigenvalue weighted by molar-refractivity contribution is 5.94. The molecule has 0 aliphatic rings. The molecular weight excluding hydrogens is 252 g/mol. The summed E-state index contributed by atoms with van der Waals surface area (Å²) in [7, 11) is 1.54. The lowest BCUT2D eigenvalue weighted by Crippen LogP contribution is -2.37. The van der Waals surface area contributed by atoms with Crippen LogP contribution in [0, 0.1) is 0 Å². The molecule has 3 N–H and O–H groups in total. The molecule has 0 saturated carbocycles. The van der Waals surface area contributed by atoms with E-state index in [1.54, 1.807) is 36.7 Å². The summed E-state index contributed by atoms with van der Waals surface area (Å²) in [6.07, 6.45) is 0.0217. The second kappa shape index (κ2) is 7.00. The zero-order valence-electron chi connectivity index (χ0n) is 10.3. The quantitative estimate of drug-likeness (QED) is 0.728. The zero-order chi connectivity index (χ0) is 14.3. The van der Waals surface area contributed by atoms with Crippen LogP contribution in [0.1, 0.15) is 5.56 Å². The van der Waals surface area contributed by atoms with E-state index in [0.29, 0.717) is 5.75 Å². The first-order valence-corrected chi connectivity index (χ1v) is 5.39. The molecule has 0 heterocycles. The Balaban J connectivity index is 2.38. The number of carbonyl (C=O) groups excluding carboxylic acids is 3. The highest BCUT2D eigenvalue weighted by Crippen LogP contribution is 2.11. The molecule has 102 valence electrons. The number of nitrogens with one attached hydrogen (secondary N) is 1. The number of primary amides is 1. The molecule has 1 aromatic rings. The van der Waals surface area contributed by atoms with Gasteiger partial charge in [-0.05, 0) is 17.7 Å². The van der Waals surface area contributed by atoms with Crippen molar-refractivity contribution in [1.82, 2.24) is 5.32 Å². The molecule has 0 aliphatic carbocycles. The Bertz CT molecular complexity index is 470. The molecule has 7 heteroatoms. The van der Waals surface area contributed by atoms with E-state index in [-0.39, 0.29) is 6.42 Å². The van der Waals surface area contributed by atoms with Gasteiger partial charge in [0, 0.05) is 0 Å². The summed E-state index contributed by atoms with van der Waals surface area (Å²) >= 11 is 0. The van der Waals surface area contributed by atoms with Crippen LogP contribution >= 0.6 is 0 Å². The maximum Gasteiger partial charge on any atom is 0.318 e. The minimum absolute atomic E-state index is 0.0217. The number of nitrogens with two attached hydrogens (primary N) is 1. The number of amides is 3. The summed E-state index contributed by atoms with van der Waals surface area (Å²) in [5, 5.41) is 1.78. The van der Waals surface area contributed by atoms with E-state index in [4.69, 9.17) is 10.5 Å². The SMILES string of the molecule is COc1ccc(CC(=O)OCC(=O)NC(N)=O)cc1. The Labute approximate surface area is 109 Å². The van der Waals surface area contributed by atoms with E-state index >= 15 is 0 Å². The number of hydrogen-bond acceptors (Lipinski definition) is 5. The van der Waals surface area contributed by atoms with Gasteiger partial charge in [0.15, 0.2) is 6.61 Å². The summed E-state index contributed by atoms with van der Waals surface area (Å²) < 4.78 is 9.65. The fourth-order valence-electron chi connectivity index (χ4n) is 1.28. The molecule has 0 bridgehead atoms. The molecule has 3 amide bonds. The fourth-order valence-corrected chi connectivity index (χ4v) is 1.28. The Kier molecular flexibility index (Phi) is 5.34. The average molecular weight is 266 g/mol. The van der Waals surface area contributed by atoms with Crippen molar-refractivity contribution in [2.45, 2.75) is 6.42 Å². The van der Waals surface area contributed by atoms with Gasteiger partial charge < -0.3 is 15.2 Å². The van der Waals surface area contributed by atoms with Gasteiger partial charge in [-0.25, -0.2) is 4.79 Å². The molecule has 0 atom stereocenters. The van der Waals surface area contributed by atoms with Crippen LogP contribution in [-0.2, 0) is 20.7 Å². The largest absolute Gasteiger partial charge is 0.497 e. The first kappa shape index (κ1) is 14.5. The van der Waals surface area contributed by atoms with Crippen LogP contribution in [0.3, 0.4) is 0 Å². The van der Waals surface area contributed by atoms with Gasteiger partial charge in [-0.15, -0.1) is 0 Å². The van der Waals surface area contributed by atoms with Crippen LogP contribution in [0.15, 0.2) is 24.3 Å². The zero-order valence-corrected chi connectivity index (χ0v) is 10.3. The van der Waals surface area contributed by atoms with Gasteiger partial charge in [-0.1, -0.05) is 12.1 Å². The first-order chi connectivity index (χ1) is 9.01. The summed E-state index contributed by atoms with van der Waals surface area (Å²) in [6, 6.07) is 5.86. The Morgan fingerprint density at radius 1 is 1.21 bits per heavy atom. The van der Waals surface area contributed by atoms with Crippen LogP contribution in [0.5, 0.6) is 5.75 Å². The molecule has 0 fully saturated rings. The minimum Gasteiger partial charge on any atom is -0.497 e. The van der Waals surface area contributed by atoms with Crippen LogP contribution in [0.4, 0.5) is 4.79 Å². The predicted octanol–water partition coefficient (Wildman–Crippen LogP) is -0.0242. The number of methoxy groups -OCH3 is 1. The molecule has 0 unspecified atom stereocenters. The van der Waals surface area contributed by atoms with E-state index in [9.17, 15) is 14.4 Å². The number of imide groups is 1. The van der Waals surface area contributed by atoms with E-state index < -0.39 is 24.5 Å². The third kappa shape index (κ3) is 5.53. The number of ether oxygens (including phenoxy) is 2. The Morgan fingerprint density at radius 3 is 2.37 bits per heavy atom. The van der Waals surface area contributed by atoms with Crippen molar-refractivity contribution in [3.8, 4) is 5.75 Å². The van der Waals surface area contributed by atoms with Crippen molar-refractivity contribution in [3.63, 3.8) is 0 Å². The Hall–Kier alpha value is -2.57. The van der Waals surface area contributed by atoms with Crippen molar-refractivity contribution >= 4 is 17.9 Å². The standard InChI is InChI=1S/C12H14N2O5/c1-18-9-4-2-8(3-5-9)6-11(16)19-7-10(15)14-12(13)17/h2-5H,6-7H2,1H3,(H3,13,14,15,17). The average Bonchev–Trinajstić information content (AvgIpc) is 2.36. The molecule has 19 heavy (non-hydrogen) atoms. The molecular formula is C12H14N2O5. The van der Waals surface area contributed by atoms with Crippen LogP contribution < -0.4 is 15.8 Å². The lowest BCUT2D eigenvalue weighted by Gasteiger charge is -2.05. The highest BCUT2D eigenvalue weighted by Gasteiger charge is 2.09. The number of esters is 1. The number of benzene rings is 1. The van der Waals surface area contributed by atoms with Gasteiger partial charge >= 0.3 is 12.0 Å². The van der Waals surface area contributed by atoms with Crippen LogP contribution in [0.2, 0.25) is 0 Å².